The zero-order valence-corrected chi connectivity index (χ0v) is 7.85. The molecule has 1 aromatic carbocycles. The fourth-order valence-electron chi connectivity index (χ4n) is 1.66. The highest BCUT2D eigenvalue weighted by molar-refractivity contribution is 6.73. The fourth-order valence-corrected chi connectivity index (χ4v) is 1.66. The number of benzene rings is 1. The summed E-state index contributed by atoms with van der Waals surface area (Å²) in [4.78, 5) is 0. The van der Waals surface area contributed by atoms with E-state index in [4.69, 9.17) is 0 Å². The van der Waals surface area contributed by atoms with Gasteiger partial charge in [-0.15, -0.1) is 0 Å². The van der Waals surface area contributed by atoms with Gasteiger partial charge >= 0.3 is 6.98 Å². The van der Waals surface area contributed by atoms with Crippen molar-refractivity contribution in [2.45, 2.75) is 0 Å². The minimum atomic E-state index is -5.05. The molecular formula is C9H7BF4N-. The lowest BCUT2D eigenvalue weighted by atomic mass is 9.86. The topological polar surface area (TPSA) is 4.93 Å². The van der Waals surface area contributed by atoms with Crippen LogP contribution in [-0.2, 0) is 7.05 Å². The van der Waals surface area contributed by atoms with Crippen molar-refractivity contribution in [3.8, 4) is 0 Å². The third-order valence-electron chi connectivity index (χ3n) is 2.38. The Balaban J connectivity index is 2.75. The van der Waals surface area contributed by atoms with Crippen LogP contribution < -0.4 is 5.59 Å². The molecule has 0 saturated carbocycles. The molecule has 0 aliphatic rings. The highest BCUT2D eigenvalue weighted by Gasteiger charge is 2.29. The first-order chi connectivity index (χ1) is 6.89. The van der Waals surface area contributed by atoms with Gasteiger partial charge in [0.25, 0.3) is 0 Å². The van der Waals surface area contributed by atoms with E-state index >= 15 is 0 Å². The van der Waals surface area contributed by atoms with Gasteiger partial charge in [0.1, 0.15) is 5.82 Å². The standard InChI is InChI=1S/C9H7BF4N/c1-15-8-3-2-7(11)4-6(8)5-9(15)10(12,13)14/h2-5H,1H3/q-1. The molecule has 0 atom stereocenters. The van der Waals surface area contributed by atoms with Crippen molar-refractivity contribution < 1.29 is 17.3 Å². The van der Waals surface area contributed by atoms with E-state index in [0.29, 0.717) is 5.52 Å². The molecular weight excluding hydrogens is 209 g/mol. The maximum absolute atomic E-state index is 12.8. The van der Waals surface area contributed by atoms with Gasteiger partial charge in [-0.3, -0.25) is 0 Å². The van der Waals surface area contributed by atoms with Crippen LogP contribution in [0.5, 0.6) is 0 Å². The number of hydrogen-bond donors (Lipinski definition) is 0. The first-order valence-corrected chi connectivity index (χ1v) is 4.34. The summed E-state index contributed by atoms with van der Waals surface area (Å²) >= 11 is 0. The number of aryl methyl sites for hydroxylation is 1. The van der Waals surface area contributed by atoms with Crippen molar-refractivity contribution >= 4 is 23.5 Å². The Morgan fingerprint density at radius 3 is 2.40 bits per heavy atom. The van der Waals surface area contributed by atoms with Crippen LogP contribution in [0.2, 0.25) is 0 Å². The Morgan fingerprint density at radius 1 is 1.13 bits per heavy atom. The second-order valence-electron chi connectivity index (χ2n) is 3.41. The van der Waals surface area contributed by atoms with E-state index in [2.05, 4.69) is 0 Å². The van der Waals surface area contributed by atoms with Crippen molar-refractivity contribution in [1.82, 2.24) is 4.57 Å². The summed E-state index contributed by atoms with van der Waals surface area (Å²) in [5.74, 6) is -0.533. The van der Waals surface area contributed by atoms with Gasteiger partial charge in [0.05, 0.1) is 0 Å². The molecule has 0 N–H and O–H groups in total. The van der Waals surface area contributed by atoms with E-state index < -0.39 is 18.4 Å². The van der Waals surface area contributed by atoms with Crippen LogP contribution in [0.15, 0.2) is 24.3 Å². The van der Waals surface area contributed by atoms with Crippen molar-refractivity contribution in [1.29, 1.82) is 0 Å². The van der Waals surface area contributed by atoms with Gasteiger partial charge in [0, 0.05) is 12.6 Å². The van der Waals surface area contributed by atoms with E-state index in [1.807, 2.05) is 0 Å². The first-order valence-electron chi connectivity index (χ1n) is 4.34. The fraction of sp³-hybridized carbons (Fsp3) is 0.111. The molecule has 0 fully saturated rings. The van der Waals surface area contributed by atoms with Gasteiger partial charge in [0.2, 0.25) is 0 Å². The molecule has 2 rings (SSSR count). The largest absolute Gasteiger partial charge is 0.525 e. The van der Waals surface area contributed by atoms with E-state index in [1.165, 1.54) is 13.1 Å². The van der Waals surface area contributed by atoms with Crippen LogP contribution in [0.4, 0.5) is 17.3 Å². The molecule has 0 aliphatic carbocycles. The Morgan fingerprint density at radius 2 is 1.80 bits per heavy atom. The molecule has 0 unspecified atom stereocenters. The molecule has 2 aromatic rings. The Labute approximate surface area is 83.4 Å². The van der Waals surface area contributed by atoms with Crippen molar-refractivity contribution in [2.24, 2.45) is 7.05 Å². The molecule has 80 valence electrons. The normalized spacial score (nSPS) is 12.3. The lowest BCUT2D eigenvalue weighted by Crippen LogP contribution is -2.38. The Kier molecular flexibility index (Phi) is 2.03. The molecule has 1 heterocycles. The summed E-state index contributed by atoms with van der Waals surface area (Å²) in [5, 5.41) is 0.270. The van der Waals surface area contributed by atoms with Crippen LogP contribution in [0, 0.1) is 5.82 Å². The quantitative estimate of drug-likeness (QED) is 0.509. The molecule has 6 heteroatoms. The van der Waals surface area contributed by atoms with Gasteiger partial charge in [-0.05, 0) is 29.2 Å². The predicted molar refractivity (Wildman–Crippen MR) is 51.6 cm³/mol. The minimum Gasteiger partial charge on any atom is -0.444 e. The maximum Gasteiger partial charge on any atom is 0.525 e. The minimum absolute atomic E-state index is 0.270. The SMILES string of the molecule is Cn1c([B-](F)(F)F)cc2cc(F)ccc21. The smallest absolute Gasteiger partial charge is 0.444 e. The monoisotopic (exact) mass is 216 g/mol. The van der Waals surface area contributed by atoms with Crippen LogP contribution in [0.3, 0.4) is 0 Å². The second kappa shape index (κ2) is 3.02. The van der Waals surface area contributed by atoms with E-state index in [9.17, 15) is 17.3 Å². The zero-order valence-electron chi connectivity index (χ0n) is 7.85. The van der Waals surface area contributed by atoms with Crippen molar-refractivity contribution in [3.05, 3.63) is 30.1 Å². The zero-order chi connectivity index (χ0) is 11.2. The molecule has 0 spiro atoms. The third kappa shape index (κ3) is 1.60. The van der Waals surface area contributed by atoms with Crippen molar-refractivity contribution in [3.63, 3.8) is 0 Å². The number of hydrogen-bond acceptors (Lipinski definition) is 0. The second-order valence-corrected chi connectivity index (χ2v) is 3.41. The van der Waals surface area contributed by atoms with Gasteiger partial charge in [-0.25, -0.2) is 4.39 Å². The lowest BCUT2D eigenvalue weighted by Gasteiger charge is -2.15. The average molecular weight is 216 g/mol. The molecule has 15 heavy (non-hydrogen) atoms. The Bertz CT molecular complexity index is 515. The average Bonchev–Trinajstić information content (AvgIpc) is 2.42. The summed E-state index contributed by atoms with van der Waals surface area (Å²) < 4.78 is 51.4. The summed E-state index contributed by atoms with van der Waals surface area (Å²) in [6, 6.07) is 4.56. The predicted octanol–water partition coefficient (Wildman–Crippen LogP) is 2.37. The van der Waals surface area contributed by atoms with Gasteiger partial charge in [0.15, 0.2) is 0 Å². The first kappa shape index (κ1) is 10.1. The van der Waals surface area contributed by atoms with Gasteiger partial charge in [-0.1, -0.05) is 6.07 Å². The van der Waals surface area contributed by atoms with Crippen LogP contribution in [-0.4, -0.2) is 11.5 Å². The summed E-state index contributed by atoms with van der Waals surface area (Å²) in [6.45, 7) is -5.05. The number of halogens is 4. The van der Waals surface area contributed by atoms with Gasteiger partial charge < -0.3 is 17.5 Å². The third-order valence-corrected chi connectivity index (χ3v) is 2.38. The number of rotatable bonds is 1. The van der Waals surface area contributed by atoms with Crippen LogP contribution >= 0.6 is 0 Å². The van der Waals surface area contributed by atoms with E-state index in [0.717, 1.165) is 22.8 Å². The summed E-state index contributed by atoms with van der Waals surface area (Å²) in [5.41, 5.74) is -0.332. The highest BCUT2D eigenvalue weighted by Crippen LogP contribution is 2.19. The number of fused-ring (bicyclic) bond motifs is 1. The molecule has 1 nitrogen and oxygen atoms in total. The number of nitrogens with zero attached hydrogens (tertiary/aromatic N) is 1. The molecule has 0 saturated heterocycles. The summed E-state index contributed by atoms with van der Waals surface area (Å²) in [6.07, 6.45) is 0. The number of aromatic nitrogens is 1. The van der Waals surface area contributed by atoms with Crippen LogP contribution in [0.1, 0.15) is 0 Å². The maximum atomic E-state index is 12.8. The molecule has 0 amide bonds. The Hall–Kier alpha value is -1.46. The van der Waals surface area contributed by atoms with E-state index in [-0.39, 0.29) is 5.39 Å². The lowest BCUT2D eigenvalue weighted by molar-refractivity contribution is 0.496. The van der Waals surface area contributed by atoms with Crippen molar-refractivity contribution in [2.75, 3.05) is 0 Å². The molecule has 0 bridgehead atoms. The van der Waals surface area contributed by atoms with Crippen LogP contribution in [0.25, 0.3) is 10.9 Å². The molecule has 1 aromatic heterocycles. The molecule has 0 radical (unpaired) electrons. The van der Waals surface area contributed by atoms with Gasteiger partial charge in [-0.2, -0.15) is 0 Å². The molecule has 0 aliphatic heterocycles. The van der Waals surface area contributed by atoms with E-state index in [1.54, 1.807) is 0 Å². The summed E-state index contributed by atoms with van der Waals surface area (Å²) in [7, 11) is 1.32. The highest BCUT2D eigenvalue weighted by atomic mass is 19.4.